The van der Waals surface area contributed by atoms with Gasteiger partial charge in [0.25, 0.3) is 0 Å². The van der Waals surface area contributed by atoms with E-state index in [0.29, 0.717) is 23.3 Å². The standard InChI is InChI=1S/C19H29NO2S.C12H19NO.C9H9F3.CH4/c1-7-10-17(9-3)18-12-16(14-21)13-19(15(18)4)20(5)23(6,22)11-8-2;1-3-12(14)11(13-2)9-10-7-5-4-6-8-10;1-2-7-4-3-5-8(6-7)9(10,11)12;/h9,12-14H,6-8,10-11H2,1-5H3;4-8,11-14H,3,9H2,1-2H3;3-6H,2H2,1H3;1H4/b17-9-;;;. The molecule has 3 rings (SSSR count). The lowest BCUT2D eigenvalue weighted by molar-refractivity contribution is -0.137. The number of alkyl halides is 3. The number of nitrogens with zero attached hydrogens (tertiary/aromatic N) is 1. The van der Waals surface area contributed by atoms with Gasteiger partial charge in [0.15, 0.2) is 0 Å². The second kappa shape index (κ2) is 23.1. The molecule has 0 saturated carbocycles. The number of aldehydes is 1. The van der Waals surface area contributed by atoms with Crippen molar-refractivity contribution in [1.82, 2.24) is 5.32 Å². The average molecular weight is 719 g/mol. The summed E-state index contributed by atoms with van der Waals surface area (Å²) >= 11 is 0. The first-order chi connectivity index (χ1) is 23.1. The fourth-order valence-electron chi connectivity index (χ4n) is 5.34. The van der Waals surface area contributed by atoms with Crippen LogP contribution in [0.15, 0.2) is 72.8 Å². The SMILES string of the molecule is C.C=S(=O)(CCC)N(C)c1cc(C=O)cc(/C(=C\C)CCC)c1C.CCC(O)C(Cc1ccccc1)NC.CCc1cccc(C(F)(F)F)c1. The molecule has 0 bridgehead atoms. The molecule has 0 spiro atoms. The van der Waals surface area contributed by atoms with E-state index in [1.54, 1.807) is 17.4 Å². The maximum Gasteiger partial charge on any atom is 0.416 e. The van der Waals surface area contributed by atoms with Gasteiger partial charge in [-0.05, 0) is 105 Å². The van der Waals surface area contributed by atoms with Gasteiger partial charge in [-0.1, -0.05) is 96.1 Å². The first kappa shape index (κ1) is 46.6. The molecule has 9 heteroatoms. The molecule has 2 N–H and O–H groups in total. The normalized spacial score (nSPS) is 13.6. The molecule has 5 nitrogen and oxygen atoms in total. The lowest BCUT2D eigenvalue weighted by Crippen LogP contribution is -2.39. The van der Waals surface area contributed by atoms with Gasteiger partial charge in [-0.15, -0.1) is 0 Å². The smallest absolute Gasteiger partial charge is 0.392 e. The lowest BCUT2D eigenvalue weighted by Gasteiger charge is -2.27. The van der Waals surface area contributed by atoms with Gasteiger partial charge in [0.2, 0.25) is 0 Å². The number of allylic oxidation sites excluding steroid dienone is 2. The number of aliphatic hydroxyl groups is 1. The predicted octanol–water partition coefficient (Wildman–Crippen LogP) is 9.98. The minimum Gasteiger partial charge on any atom is -0.392 e. The Morgan fingerprint density at radius 1 is 1.00 bits per heavy atom. The van der Waals surface area contributed by atoms with Gasteiger partial charge in [0.1, 0.15) is 6.29 Å². The van der Waals surface area contributed by atoms with Crippen LogP contribution in [-0.2, 0) is 28.7 Å². The third kappa shape index (κ3) is 14.8. The molecule has 3 aromatic carbocycles. The molecule has 0 aliphatic heterocycles. The maximum absolute atomic E-state index is 12.8. The van der Waals surface area contributed by atoms with Gasteiger partial charge in [0.05, 0.1) is 17.4 Å². The highest BCUT2D eigenvalue weighted by Crippen LogP contribution is 2.33. The van der Waals surface area contributed by atoms with Gasteiger partial charge in [-0.3, -0.25) is 4.79 Å². The Hall–Kier alpha value is -3.40. The number of halogens is 3. The van der Waals surface area contributed by atoms with Crippen molar-refractivity contribution >= 4 is 33.1 Å². The summed E-state index contributed by atoms with van der Waals surface area (Å²) in [6.07, 6.45) is 3.57. The van der Waals surface area contributed by atoms with Crippen molar-refractivity contribution < 1.29 is 27.3 Å². The van der Waals surface area contributed by atoms with E-state index in [1.165, 1.54) is 23.3 Å². The highest BCUT2D eigenvalue weighted by molar-refractivity contribution is 8.01. The summed E-state index contributed by atoms with van der Waals surface area (Å²) in [6.45, 7) is 12.0. The average Bonchev–Trinajstić information content (AvgIpc) is 3.09. The number of aryl methyl sites for hydroxylation is 1. The third-order valence-corrected chi connectivity index (χ3v) is 10.6. The summed E-state index contributed by atoms with van der Waals surface area (Å²) < 4.78 is 50.9. The summed E-state index contributed by atoms with van der Waals surface area (Å²) in [6, 6.07) is 19.5. The molecular weight excluding hydrogens is 658 g/mol. The number of aliphatic hydroxyl groups excluding tert-OH is 1. The van der Waals surface area contributed by atoms with Gasteiger partial charge in [-0.25, -0.2) is 4.21 Å². The third-order valence-electron chi connectivity index (χ3n) is 8.33. The number of benzene rings is 3. The van der Waals surface area contributed by atoms with Gasteiger partial charge < -0.3 is 14.7 Å². The summed E-state index contributed by atoms with van der Waals surface area (Å²) in [5.41, 5.74) is 6.17. The predicted molar refractivity (Wildman–Crippen MR) is 211 cm³/mol. The van der Waals surface area contributed by atoms with E-state index >= 15 is 0 Å². The van der Waals surface area contributed by atoms with E-state index < -0.39 is 21.4 Å². The number of carbonyl (C=O) groups is 1. The zero-order chi connectivity index (χ0) is 37.2. The molecule has 0 heterocycles. The van der Waals surface area contributed by atoms with Crippen LogP contribution >= 0.6 is 0 Å². The van der Waals surface area contributed by atoms with Crippen LogP contribution in [0.5, 0.6) is 0 Å². The second-order valence-electron chi connectivity index (χ2n) is 12.0. The molecule has 3 atom stereocenters. The van der Waals surface area contributed by atoms with Gasteiger partial charge in [-0.2, -0.15) is 13.2 Å². The van der Waals surface area contributed by atoms with Crippen molar-refractivity contribution in [2.45, 2.75) is 106 Å². The minimum absolute atomic E-state index is 0. The first-order valence-electron chi connectivity index (χ1n) is 17.0. The Morgan fingerprint density at radius 3 is 2.10 bits per heavy atom. The Morgan fingerprint density at radius 2 is 1.62 bits per heavy atom. The van der Waals surface area contributed by atoms with Crippen LogP contribution < -0.4 is 9.62 Å². The second-order valence-corrected chi connectivity index (χ2v) is 14.5. The zero-order valence-electron chi connectivity index (χ0n) is 30.6. The van der Waals surface area contributed by atoms with E-state index in [4.69, 9.17) is 0 Å². The van der Waals surface area contributed by atoms with Crippen molar-refractivity contribution in [3.63, 3.8) is 0 Å². The van der Waals surface area contributed by atoms with Crippen LogP contribution in [-0.4, -0.2) is 53.5 Å². The molecule has 0 aliphatic rings. The fraction of sp³-hybridized carbons (Fsp3) is 0.463. The molecule has 3 aromatic rings. The molecule has 3 unspecified atom stereocenters. The Kier molecular flexibility index (Phi) is 21.6. The molecule has 280 valence electrons. The van der Waals surface area contributed by atoms with Crippen molar-refractivity contribution in [1.29, 1.82) is 0 Å². The Bertz CT molecular complexity index is 1550. The number of likely N-dealkylation sites (N-methyl/N-ethyl adjacent to an activating group) is 1. The van der Waals surface area contributed by atoms with Crippen LogP contribution in [0.1, 0.15) is 106 Å². The number of anilines is 1. The van der Waals surface area contributed by atoms with Crippen LogP contribution in [0, 0.1) is 6.92 Å². The molecule has 0 aliphatic carbocycles. The largest absolute Gasteiger partial charge is 0.416 e. The van der Waals surface area contributed by atoms with Crippen molar-refractivity contribution in [2.75, 3.05) is 24.2 Å². The topological polar surface area (TPSA) is 69.6 Å². The van der Waals surface area contributed by atoms with Gasteiger partial charge >= 0.3 is 6.18 Å². The highest BCUT2D eigenvalue weighted by Gasteiger charge is 2.30. The molecule has 0 saturated heterocycles. The minimum atomic E-state index is -4.22. The van der Waals surface area contributed by atoms with Crippen LogP contribution in [0.4, 0.5) is 18.9 Å². The summed E-state index contributed by atoms with van der Waals surface area (Å²) in [4.78, 5) is 11.4. The molecule has 50 heavy (non-hydrogen) atoms. The molecular formula is C41H61F3N2O3S. The maximum atomic E-state index is 12.8. The monoisotopic (exact) mass is 718 g/mol. The Labute approximate surface area is 301 Å². The van der Waals surface area contributed by atoms with Crippen molar-refractivity contribution in [2.24, 2.45) is 0 Å². The number of rotatable bonds is 14. The van der Waals surface area contributed by atoms with Crippen molar-refractivity contribution in [3.05, 3.63) is 106 Å². The number of carbonyl (C=O) groups excluding carboxylic acids is 1. The van der Waals surface area contributed by atoms with E-state index in [2.05, 4.69) is 36.3 Å². The fourth-order valence-corrected chi connectivity index (χ4v) is 6.80. The molecule has 0 amide bonds. The number of hydrogen-bond acceptors (Lipinski definition) is 4. The molecule has 0 fully saturated rings. The summed E-state index contributed by atoms with van der Waals surface area (Å²) in [5, 5.41) is 12.9. The highest BCUT2D eigenvalue weighted by atomic mass is 32.2. The van der Waals surface area contributed by atoms with E-state index in [-0.39, 0.29) is 19.6 Å². The van der Waals surface area contributed by atoms with Crippen molar-refractivity contribution in [3.8, 4) is 0 Å². The van der Waals surface area contributed by atoms with Gasteiger partial charge in [0, 0.05) is 34.1 Å². The number of hydrogen-bond donors (Lipinski definition) is 2. The van der Waals surface area contributed by atoms with E-state index in [9.17, 15) is 27.3 Å². The summed E-state index contributed by atoms with van der Waals surface area (Å²) in [5.74, 6) is 4.45. The summed E-state index contributed by atoms with van der Waals surface area (Å²) in [7, 11) is 1.33. The first-order valence-corrected chi connectivity index (χ1v) is 18.9. The van der Waals surface area contributed by atoms with Crippen LogP contribution in [0.3, 0.4) is 0 Å². The van der Waals surface area contributed by atoms with E-state index in [1.807, 2.05) is 72.0 Å². The Balaban J connectivity index is 0.000000763. The molecule has 0 radical (unpaired) electrons. The van der Waals surface area contributed by atoms with E-state index in [0.717, 1.165) is 61.3 Å². The van der Waals surface area contributed by atoms with Crippen LogP contribution in [0.2, 0.25) is 0 Å². The number of nitrogens with one attached hydrogen (secondary N) is 1. The van der Waals surface area contributed by atoms with Crippen LogP contribution in [0.25, 0.3) is 5.57 Å². The quantitative estimate of drug-likeness (QED) is 0.129. The molecule has 0 aromatic heterocycles. The lowest BCUT2D eigenvalue weighted by atomic mass is 9.94. The zero-order valence-corrected chi connectivity index (χ0v) is 31.4.